The third-order valence-electron chi connectivity index (χ3n) is 7.34. The number of halogens is 2. The van der Waals surface area contributed by atoms with Crippen LogP contribution in [0.1, 0.15) is 54.8 Å². The van der Waals surface area contributed by atoms with Crippen LogP contribution < -0.4 is 10.6 Å². The summed E-state index contributed by atoms with van der Waals surface area (Å²) in [7, 11) is 0. The smallest absolute Gasteiger partial charge is 0.287 e. The first-order valence-corrected chi connectivity index (χ1v) is 11.3. The maximum atomic E-state index is 12.7. The number of rotatable bonds is 5. The van der Waals surface area contributed by atoms with Crippen LogP contribution in [0.4, 0.5) is 0 Å². The van der Waals surface area contributed by atoms with Crippen LogP contribution in [0.5, 0.6) is 0 Å². The van der Waals surface area contributed by atoms with Crippen molar-refractivity contribution in [1.82, 2.24) is 20.4 Å². The zero-order valence-electron chi connectivity index (χ0n) is 17.9. The van der Waals surface area contributed by atoms with Crippen LogP contribution in [0.3, 0.4) is 0 Å². The first kappa shape index (κ1) is 24.4. The number of amides is 2. The number of nitrogens with one attached hydrogen (secondary N) is 2. The Labute approximate surface area is 196 Å². The standard InChI is InChI=1S/C22H32N4O3.2ClH/c27-21-5-3-4-18-15-10-16(12-23-11-15)19(26(18)21)13-24-22(28)20-7-6-17(29-20)14-25-8-1-2-9-25;;/h6-7,15-16,18-19,23H,1-5,8-14H2,(H,24,28);2*1H/t15-,16+,18+,19+;;/m1../s1. The molecule has 1 aromatic rings. The zero-order valence-corrected chi connectivity index (χ0v) is 19.5. The molecule has 174 valence electrons. The number of piperidine rings is 3. The summed E-state index contributed by atoms with van der Waals surface area (Å²) in [6.45, 7) is 5.42. The molecular formula is C22H34Cl2N4O3. The molecule has 0 unspecified atom stereocenters. The molecule has 0 aromatic carbocycles. The van der Waals surface area contributed by atoms with Gasteiger partial charge in [-0.3, -0.25) is 14.5 Å². The van der Waals surface area contributed by atoms with Crippen LogP contribution >= 0.6 is 24.8 Å². The second-order valence-electron chi connectivity index (χ2n) is 9.20. The maximum absolute atomic E-state index is 12.7. The molecule has 0 radical (unpaired) electrons. The Morgan fingerprint density at radius 1 is 1.13 bits per heavy atom. The molecule has 2 amide bonds. The van der Waals surface area contributed by atoms with E-state index in [2.05, 4.69) is 20.4 Å². The fourth-order valence-electron chi connectivity index (χ4n) is 5.93. The van der Waals surface area contributed by atoms with Crippen molar-refractivity contribution in [2.45, 2.75) is 57.2 Å². The highest BCUT2D eigenvalue weighted by Gasteiger charge is 2.47. The van der Waals surface area contributed by atoms with Crippen molar-refractivity contribution in [3.8, 4) is 0 Å². The van der Waals surface area contributed by atoms with Gasteiger partial charge in [-0.15, -0.1) is 24.8 Å². The van der Waals surface area contributed by atoms with Crippen molar-refractivity contribution in [2.24, 2.45) is 11.8 Å². The van der Waals surface area contributed by atoms with Crippen molar-refractivity contribution in [3.63, 3.8) is 0 Å². The minimum Gasteiger partial charge on any atom is -0.455 e. The van der Waals surface area contributed by atoms with Gasteiger partial charge in [0.15, 0.2) is 5.76 Å². The lowest BCUT2D eigenvalue weighted by Gasteiger charge is -2.54. The molecule has 0 spiro atoms. The van der Waals surface area contributed by atoms with Gasteiger partial charge in [0.2, 0.25) is 5.91 Å². The second kappa shape index (κ2) is 10.6. The number of likely N-dealkylation sites (tertiary alicyclic amines) is 1. The first-order chi connectivity index (χ1) is 14.2. The summed E-state index contributed by atoms with van der Waals surface area (Å²) in [4.78, 5) is 29.9. The van der Waals surface area contributed by atoms with E-state index in [1.54, 1.807) is 6.07 Å². The zero-order chi connectivity index (χ0) is 19.8. The van der Waals surface area contributed by atoms with Crippen molar-refractivity contribution in [1.29, 1.82) is 0 Å². The van der Waals surface area contributed by atoms with Gasteiger partial charge in [0.05, 0.1) is 12.6 Å². The Balaban J connectivity index is 0.00000136. The lowest BCUT2D eigenvalue weighted by Crippen LogP contribution is -2.66. The molecule has 31 heavy (non-hydrogen) atoms. The van der Waals surface area contributed by atoms with Gasteiger partial charge in [-0.05, 0) is 75.7 Å². The Hall–Kier alpha value is -1.28. The number of carbonyl (C=O) groups excluding carboxylic acids is 2. The number of carbonyl (C=O) groups is 2. The SMILES string of the molecule is Cl.Cl.O=C(NC[C@H]1[C@@H]2CNC[C@@H](C2)[C@@H]2CCCC(=O)N21)c1ccc(CN2CCCC2)o1. The van der Waals surface area contributed by atoms with Crippen molar-refractivity contribution in [3.05, 3.63) is 23.7 Å². The lowest BCUT2D eigenvalue weighted by atomic mass is 9.72. The second-order valence-corrected chi connectivity index (χ2v) is 9.20. The van der Waals surface area contributed by atoms with Gasteiger partial charge in [0.25, 0.3) is 5.91 Å². The monoisotopic (exact) mass is 472 g/mol. The average Bonchev–Trinajstić information content (AvgIpc) is 3.41. The van der Waals surface area contributed by atoms with Crippen LogP contribution in [0.25, 0.3) is 0 Å². The molecule has 5 rings (SSSR count). The predicted octanol–water partition coefficient (Wildman–Crippen LogP) is 2.44. The van der Waals surface area contributed by atoms with E-state index in [0.717, 1.165) is 57.7 Å². The summed E-state index contributed by atoms with van der Waals surface area (Å²) in [5.41, 5.74) is 0. The van der Waals surface area contributed by atoms with E-state index >= 15 is 0 Å². The minimum absolute atomic E-state index is 0. The molecule has 9 heteroatoms. The Bertz CT molecular complexity index is 768. The molecule has 2 N–H and O–H groups in total. The Kier molecular flexibility index (Phi) is 8.30. The summed E-state index contributed by atoms with van der Waals surface area (Å²) < 4.78 is 5.81. The highest BCUT2D eigenvalue weighted by molar-refractivity contribution is 5.91. The van der Waals surface area contributed by atoms with Gasteiger partial charge < -0.3 is 20.0 Å². The van der Waals surface area contributed by atoms with E-state index in [0.29, 0.717) is 36.6 Å². The van der Waals surface area contributed by atoms with Crippen molar-refractivity contribution in [2.75, 3.05) is 32.7 Å². The summed E-state index contributed by atoms with van der Waals surface area (Å²) in [6.07, 6.45) is 6.36. The first-order valence-electron chi connectivity index (χ1n) is 11.3. The molecule has 4 aliphatic heterocycles. The van der Waals surface area contributed by atoms with E-state index in [1.165, 1.54) is 12.8 Å². The molecule has 4 saturated heterocycles. The van der Waals surface area contributed by atoms with E-state index < -0.39 is 0 Å². The number of nitrogens with zero attached hydrogens (tertiary/aromatic N) is 2. The summed E-state index contributed by atoms with van der Waals surface area (Å²) in [5, 5.41) is 6.61. The molecule has 4 atom stereocenters. The quantitative estimate of drug-likeness (QED) is 0.687. The Morgan fingerprint density at radius 3 is 2.71 bits per heavy atom. The predicted molar refractivity (Wildman–Crippen MR) is 123 cm³/mol. The molecule has 4 aliphatic rings. The Morgan fingerprint density at radius 2 is 1.90 bits per heavy atom. The molecule has 1 aromatic heterocycles. The van der Waals surface area contributed by atoms with Gasteiger partial charge >= 0.3 is 0 Å². The molecular weight excluding hydrogens is 439 g/mol. The molecule has 0 saturated carbocycles. The summed E-state index contributed by atoms with van der Waals surface area (Å²) in [5.74, 6) is 2.28. The van der Waals surface area contributed by atoms with Crippen molar-refractivity contribution < 1.29 is 14.0 Å². The molecule has 0 aliphatic carbocycles. The van der Waals surface area contributed by atoms with Gasteiger partial charge in [-0.25, -0.2) is 0 Å². The summed E-state index contributed by atoms with van der Waals surface area (Å²) >= 11 is 0. The third-order valence-corrected chi connectivity index (χ3v) is 7.34. The maximum Gasteiger partial charge on any atom is 0.287 e. The highest BCUT2D eigenvalue weighted by atomic mass is 35.5. The van der Waals surface area contributed by atoms with E-state index in [1.807, 2.05) is 6.07 Å². The van der Waals surface area contributed by atoms with E-state index in [4.69, 9.17) is 4.42 Å². The number of hydrogen-bond acceptors (Lipinski definition) is 5. The number of fused-ring (bicyclic) bond motifs is 4. The largest absolute Gasteiger partial charge is 0.455 e. The molecule has 2 bridgehead atoms. The fraction of sp³-hybridized carbons (Fsp3) is 0.727. The van der Waals surface area contributed by atoms with E-state index in [-0.39, 0.29) is 42.7 Å². The van der Waals surface area contributed by atoms with Gasteiger partial charge in [0.1, 0.15) is 5.76 Å². The average molecular weight is 473 g/mol. The van der Waals surface area contributed by atoms with E-state index in [9.17, 15) is 9.59 Å². The van der Waals surface area contributed by atoms with Crippen LogP contribution in [-0.2, 0) is 11.3 Å². The minimum atomic E-state index is -0.176. The van der Waals surface area contributed by atoms with Crippen LogP contribution in [-0.4, -0.2) is 66.4 Å². The topological polar surface area (TPSA) is 77.8 Å². The fourth-order valence-corrected chi connectivity index (χ4v) is 5.93. The van der Waals surface area contributed by atoms with Crippen molar-refractivity contribution >= 4 is 36.6 Å². The molecule has 4 fully saturated rings. The van der Waals surface area contributed by atoms with Gasteiger partial charge in [0, 0.05) is 25.6 Å². The normalized spacial score (nSPS) is 30.2. The third kappa shape index (κ3) is 5.05. The molecule has 5 heterocycles. The van der Waals surface area contributed by atoms with Crippen LogP contribution in [0.2, 0.25) is 0 Å². The van der Waals surface area contributed by atoms with Gasteiger partial charge in [-0.2, -0.15) is 0 Å². The van der Waals surface area contributed by atoms with Crippen LogP contribution in [0, 0.1) is 11.8 Å². The number of hydrogen-bond donors (Lipinski definition) is 2. The van der Waals surface area contributed by atoms with Gasteiger partial charge in [-0.1, -0.05) is 0 Å². The highest BCUT2D eigenvalue weighted by Crippen LogP contribution is 2.39. The summed E-state index contributed by atoms with van der Waals surface area (Å²) in [6, 6.07) is 4.10. The van der Waals surface area contributed by atoms with Crippen LogP contribution in [0.15, 0.2) is 16.5 Å². The number of furan rings is 1. The molecule has 7 nitrogen and oxygen atoms in total. The lowest BCUT2D eigenvalue weighted by molar-refractivity contribution is -0.148.